The molecular formula is C44H44N4OPt. The summed E-state index contributed by atoms with van der Waals surface area (Å²) in [4.78, 5) is 4.71. The Morgan fingerprint density at radius 1 is 0.680 bits per heavy atom. The Balaban J connectivity index is 0.00000432. The van der Waals surface area contributed by atoms with Crippen molar-refractivity contribution in [2.24, 2.45) is 0 Å². The zero-order valence-corrected chi connectivity index (χ0v) is 32.9. The van der Waals surface area contributed by atoms with E-state index in [1.54, 1.807) is 0 Å². The maximum Gasteiger partial charge on any atom is 2.00 e. The number of aryl methyl sites for hydroxylation is 2. The average Bonchev–Trinajstić information content (AvgIpc) is 3.55. The van der Waals surface area contributed by atoms with Gasteiger partial charge in [0.05, 0.1) is 5.69 Å². The molecule has 0 aliphatic heterocycles. The van der Waals surface area contributed by atoms with Gasteiger partial charge in [-0.15, -0.1) is 35.7 Å². The Morgan fingerprint density at radius 3 is 2.04 bits per heavy atom. The van der Waals surface area contributed by atoms with Gasteiger partial charge < -0.3 is 9.30 Å². The third-order valence-electron chi connectivity index (χ3n) is 10.1. The standard InChI is InChI=1S/C44H44N4O.Pt/c1-25(2)41-29(7)28(6)30(8)42(26(3)4)44(41)43-31(9)46-48(32(43)10)33-14-13-15-34(23-33)49-35-18-19-37-36-16-11-12-17-38(36)47(39(37)24-35)40-22-27(5)20-21-45-40;/h11-22,25-26H,1-10H3;/q-2;+2. The Bertz CT molecular complexity index is 2360. The molecule has 6 heteroatoms. The molecule has 0 bridgehead atoms. The van der Waals surface area contributed by atoms with Crippen molar-refractivity contribution in [2.45, 2.75) is 81.1 Å². The SMILES string of the molecule is Cc1ccnc(-n2c3[c-]c(Oc4[c-]c(-n5nc(C)c(-c6c(C(C)C)c(C)c(C)c(C)c6C(C)C)c5C)ccc4)ccc3c3ccccc32)c1.[Pt+2]. The number of rotatable bonds is 7. The van der Waals surface area contributed by atoms with E-state index in [-0.39, 0.29) is 21.1 Å². The predicted molar refractivity (Wildman–Crippen MR) is 202 cm³/mol. The van der Waals surface area contributed by atoms with Crippen LogP contribution in [0.4, 0.5) is 0 Å². The van der Waals surface area contributed by atoms with E-state index >= 15 is 0 Å². The zero-order valence-electron chi connectivity index (χ0n) is 30.6. The summed E-state index contributed by atoms with van der Waals surface area (Å²) in [6, 6.07) is 29.7. The topological polar surface area (TPSA) is 44.9 Å². The van der Waals surface area contributed by atoms with Crippen molar-refractivity contribution in [3.63, 3.8) is 0 Å². The van der Waals surface area contributed by atoms with Crippen molar-refractivity contribution >= 4 is 21.8 Å². The molecule has 0 aliphatic carbocycles. The number of ether oxygens (including phenoxy) is 1. The number of fused-ring (bicyclic) bond motifs is 3. The summed E-state index contributed by atoms with van der Waals surface area (Å²) in [7, 11) is 0. The summed E-state index contributed by atoms with van der Waals surface area (Å²) in [6.07, 6.45) is 1.85. The molecular weight excluding hydrogens is 796 g/mol. The van der Waals surface area contributed by atoms with Crippen LogP contribution < -0.4 is 4.74 Å². The molecule has 5 nitrogen and oxygen atoms in total. The molecule has 0 amide bonds. The Labute approximate surface area is 310 Å². The molecule has 0 saturated heterocycles. The number of nitrogens with zero attached hydrogens (tertiary/aromatic N) is 4. The van der Waals surface area contributed by atoms with Crippen molar-refractivity contribution in [3.05, 3.63) is 130 Å². The van der Waals surface area contributed by atoms with Crippen molar-refractivity contribution in [1.82, 2.24) is 19.3 Å². The normalized spacial score (nSPS) is 11.6. The van der Waals surface area contributed by atoms with E-state index < -0.39 is 0 Å². The minimum atomic E-state index is 0. The van der Waals surface area contributed by atoms with Crippen LogP contribution in [0.15, 0.2) is 72.9 Å². The van der Waals surface area contributed by atoms with Crippen LogP contribution in [0.5, 0.6) is 11.5 Å². The van der Waals surface area contributed by atoms with Gasteiger partial charge in [0.2, 0.25) is 0 Å². The Hall–Kier alpha value is -4.47. The minimum Gasteiger partial charge on any atom is -0.509 e. The van der Waals surface area contributed by atoms with Crippen LogP contribution in [-0.2, 0) is 21.1 Å². The number of para-hydroxylation sites is 1. The largest absolute Gasteiger partial charge is 2.00 e. The number of hydrogen-bond donors (Lipinski definition) is 0. The zero-order chi connectivity index (χ0) is 34.7. The number of aromatic nitrogens is 4. The molecule has 0 fully saturated rings. The molecule has 0 unspecified atom stereocenters. The second-order valence-corrected chi connectivity index (χ2v) is 14.0. The van der Waals surface area contributed by atoms with Crippen LogP contribution in [0.25, 0.3) is 44.4 Å². The monoisotopic (exact) mass is 839 g/mol. The van der Waals surface area contributed by atoms with Crippen LogP contribution in [0.2, 0.25) is 0 Å². The first-order chi connectivity index (χ1) is 23.5. The fourth-order valence-electron chi connectivity index (χ4n) is 7.71. The summed E-state index contributed by atoms with van der Waals surface area (Å²) >= 11 is 0. The third-order valence-corrected chi connectivity index (χ3v) is 10.1. The predicted octanol–water partition coefficient (Wildman–Crippen LogP) is 11.5. The first kappa shape index (κ1) is 35.4. The van der Waals surface area contributed by atoms with Crippen molar-refractivity contribution in [2.75, 3.05) is 0 Å². The summed E-state index contributed by atoms with van der Waals surface area (Å²) < 4.78 is 10.7. The summed E-state index contributed by atoms with van der Waals surface area (Å²) in [6.45, 7) is 22.4. The summed E-state index contributed by atoms with van der Waals surface area (Å²) in [5, 5.41) is 7.37. The first-order valence-electron chi connectivity index (χ1n) is 17.2. The molecule has 0 atom stereocenters. The molecule has 7 aromatic rings. The van der Waals surface area contributed by atoms with Gasteiger partial charge in [0, 0.05) is 34.5 Å². The molecule has 0 aliphatic rings. The third kappa shape index (κ3) is 5.90. The molecule has 0 radical (unpaired) electrons. The van der Waals surface area contributed by atoms with Gasteiger partial charge in [-0.25, -0.2) is 4.98 Å². The molecule has 4 aromatic carbocycles. The average molecular weight is 840 g/mol. The first-order valence-corrected chi connectivity index (χ1v) is 17.2. The van der Waals surface area contributed by atoms with E-state index in [9.17, 15) is 0 Å². The van der Waals surface area contributed by atoms with Gasteiger partial charge in [-0.05, 0) is 122 Å². The second kappa shape index (κ2) is 13.7. The Morgan fingerprint density at radius 2 is 1.36 bits per heavy atom. The van der Waals surface area contributed by atoms with Crippen LogP contribution in [0, 0.1) is 53.7 Å². The van der Waals surface area contributed by atoms with Crippen molar-refractivity contribution in [1.29, 1.82) is 0 Å². The van der Waals surface area contributed by atoms with Gasteiger partial charge in [-0.3, -0.25) is 4.68 Å². The van der Waals surface area contributed by atoms with E-state index in [1.165, 1.54) is 38.9 Å². The van der Waals surface area contributed by atoms with Gasteiger partial charge in [0.15, 0.2) is 0 Å². The Kier molecular flexibility index (Phi) is 9.67. The van der Waals surface area contributed by atoms with Crippen molar-refractivity contribution < 1.29 is 25.8 Å². The molecule has 0 saturated carbocycles. The molecule has 256 valence electrons. The fraction of sp³-hybridized carbons (Fsp3) is 0.273. The van der Waals surface area contributed by atoms with Gasteiger partial charge in [0.25, 0.3) is 0 Å². The van der Waals surface area contributed by atoms with Crippen LogP contribution in [0.3, 0.4) is 0 Å². The summed E-state index contributed by atoms with van der Waals surface area (Å²) in [5.41, 5.74) is 15.7. The van der Waals surface area contributed by atoms with Crippen molar-refractivity contribution in [3.8, 4) is 34.1 Å². The minimum absolute atomic E-state index is 0. The van der Waals surface area contributed by atoms with E-state index in [1.807, 2.05) is 41.2 Å². The molecule has 50 heavy (non-hydrogen) atoms. The second-order valence-electron chi connectivity index (χ2n) is 14.0. The smallest absolute Gasteiger partial charge is 0.509 e. The van der Waals surface area contributed by atoms with Crippen LogP contribution in [0.1, 0.15) is 84.3 Å². The van der Waals surface area contributed by atoms with Gasteiger partial charge in [-0.1, -0.05) is 51.4 Å². The number of benzene rings is 4. The maximum atomic E-state index is 6.48. The van der Waals surface area contributed by atoms with Crippen LogP contribution in [-0.4, -0.2) is 19.3 Å². The molecule has 7 rings (SSSR count). The van der Waals surface area contributed by atoms with E-state index in [4.69, 9.17) is 14.8 Å². The van der Waals surface area contributed by atoms with E-state index in [0.717, 1.165) is 50.3 Å². The fourth-order valence-corrected chi connectivity index (χ4v) is 7.71. The molecule has 0 spiro atoms. The van der Waals surface area contributed by atoms with E-state index in [0.29, 0.717) is 23.3 Å². The quantitative estimate of drug-likeness (QED) is 0.150. The van der Waals surface area contributed by atoms with Gasteiger partial charge in [0.1, 0.15) is 5.82 Å². The maximum absolute atomic E-state index is 6.48. The molecule has 3 heterocycles. The van der Waals surface area contributed by atoms with Crippen LogP contribution >= 0.6 is 0 Å². The van der Waals surface area contributed by atoms with Gasteiger partial charge in [-0.2, -0.15) is 17.2 Å². The molecule has 3 aromatic heterocycles. The summed E-state index contributed by atoms with van der Waals surface area (Å²) in [5.74, 6) is 2.83. The number of pyridine rings is 1. The van der Waals surface area contributed by atoms with E-state index in [2.05, 4.69) is 122 Å². The number of hydrogen-bond acceptors (Lipinski definition) is 3. The van der Waals surface area contributed by atoms with Gasteiger partial charge >= 0.3 is 21.1 Å². The molecule has 0 N–H and O–H groups in total.